The number of fused-ring (bicyclic) bond motifs is 2. The van der Waals surface area contributed by atoms with Crippen LogP contribution in [0, 0.1) is 5.82 Å². The molecule has 0 N–H and O–H groups in total. The number of amides is 1. The predicted molar refractivity (Wildman–Crippen MR) is 105 cm³/mol. The zero-order chi connectivity index (χ0) is 19.8. The fraction of sp³-hybridized carbons (Fsp3) is 0.273. The van der Waals surface area contributed by atoms with Crippen molar-refractivity contribution < 1.29 is 13.6 Å². The average molecular weight is 380 g/mol. The Balaban J connectivity index is 1.86. The first kappa shape index (κ1) is 18.4. The smallest absolute Gasteiger partial charge is 0.290 e. The van der Waals surface area contributed by atoms with Gasteiger partial charge in [0.25, 0.3) is 5.91 Å². The zero-order valence-corrected chi connectivity index (χ0v) is 15.8. The molecule has 6 heteroatoms. The molecule has 0 radical (unpaired) electrons. The van der Waals surface area contributed by atoms with E-state index < -0.39 is 6.04 Å². The van der Waals surface area contributed by atoms with E-state index in [9.17, 15) is 14.0 Å². The molecule has 2 aromatic carbocycles. The molecule has 28 heavy (non-hydrogen) atoms. The van der Waals surface area contributed by atoms with Gasteiger partial charge in [-0.3, -0.25) is 9.59 Å². The second-order valence-electron chi connectivity index (χ2n) is 7.28. The average Bonchev–Trinajstić information content (AvgIpc) is 2.95. The van der Waals surface area contributed by atoms with Gasteiger partial charge >= 0.3 is 0 Å². The van der Waals surface area contributed by atoms with Crippen LogP contribution >= 0.6 is 0 Å². The Bertz CT molecular complexity index is 1090. The molecule has 0 spiro atoms. The van der Waals surface area contributed by atoms with Crippen LogP contribution in [0.4, 0.5) is 4.39 Å². The van der Waals surface area contributed by atoms with Gasteiger partial charge in [-0.2, -0.15) is 0 Å². The third kappa shape index (κ3) is 3.10. The number of nitrogens with zero attached hydrogens (tertiary/aromatic N) is 2. The van der Waals surface area contributed by atoms with Crippen LogP contribution in [-0.4, -0.2) is 42.9 Å². The van der Waals surface area contributed by atoms with Gasteiger partial charge in [-0.1, -0.05) is 24.3 Å². The first-order chi connectivity index (χ1) is 13.5. The van der Waals surface area contributed by atoms with Crippen LogP contribution in [0.5, 0.6) is 0 Å². The Hall–Kier alpha value is -2.99. The van der Waals surface area contributed by atoms with E-state index in [1.807, 2.05) is 19.0 Å². The van der Waals surface area contributed by atoms with E-state index in [0.717, 1.165) is 13.0 Å². The molecule has 3 aromatic rings. The van der Waals surface area contributed by atoms with Gasteiger partial charge in [0, 0.05) is 6.54 Å². The summed E-state index contributed by atoms with van der Waals surface area (Å²) in [5.74, 6) is -0.577. The summed E-state index contributed by atoms with van der Waals surface area (Å²) in [6, 6.07) is 12.3. The van der Waals surface area contributed by atoms with E-state index in [1.165, 1.54) is 12.1 Å². The molecule has 144 valence electrons. The molecule has 0 saturated heterocycles. The zero-order valence-electron chi connectivity index (χ0n) is 15.8. The third-order valence-electron chi connectivity index (χ3n) is 5.06. The van der Waals surface area contributed by atoms with Gasteiger partial charge in [0.1, 0.15) is 11.4 Å². The maximum absolute atomic E-state index is 13.5. The van der Waals surface area contributed by atoms with E-state index >= 15 is 0 Å². The first-order valence-electron chi connectivity index (χ1n) is 9.24. The predicted octanol–water partition coefficient (Wildman–Crippen LogP) is 3.43. The lowest BCUT2D eigenvalue weighted by molar-refractivity contribution is 0.0722. The van der Waals surface area contributed by atoms with Crippen molar-refractivity contribution in [2.75, 3.05) is 27.2 Å². The molecule has 0 unspecified atom stereocenters. The Morgan fingerprint density at radius 3 is 2.50 bits per heavy atom. The van der Waals surface area contributed by atoms with Crippen LogP contribution < -0.4 is 5.43 Å². The monoisotopic (exact) mass is 380 g/mol. The second kappa shape index (κ2) is 7.20. The molecule has 1 aromatic heterocycles. The Kier molecular flexibility index (Phi) is 4.73. The van der Waals surface area contributed by atoms with Crippen molar-refractivity contribution in [3.05, 3.63) is 81.5 Å². The second-order valence-corrected chi connectivity index (χ2v) is 7.28. The fourth-order valence-corrected chi connectivity index (χ4v) is 3.75. The fourth-order valence-electron chi connectivity index (χ4n) is 3.75. The summed E-state index contributed by atoms with van der Waals surface area (Å²) in [6.45, 7) is 1.28. The van der Waals surface area contributed by atoms with Gasteiger partial charge in [-0.15, -0.1) is 0 Å². The van der Waals surface area contributed by atoms with Crippen molar-refractivity contribution in [3.8, 4) is 0 Å². The van der Waals surface area contributed by atoms with Crippen molar-refractivity contribution in [2.45, 2.75) is 12.5 Å². The molecular formula is C22H21FN2O3. The number of benzene rings is 2. The van der Waals surface area contributed by atoms with Crippen LogP contribution in [0.15, 0.2) is 57.7 Å². The standard InChI is InChI=1S/C22H21FN2O3/c1-24(2)12-5-13-25-19(14-8-10-15(23)11-9-14)18-20(26)16-6-3-4-7-17(16)28-21(18)22(25)27/h3-4,6-11,19H,5,12-13H2,1-2H3/t19-/m1/s1. The molecule has 0 bridgehead atoms. The van der Waals surface area contributed by atoms with Gasteiger partial charge in [0.05, 0.1) is 17.0 Å². The summed E-state index contributed by atoms with van der Waals surface area (Å²) in [5.41, 5.74) is 1.21. The van der Waals surface area contributed by atoms with Gasteiger partial charge in [0.2, 0.25) is 5.76 Å². The van der Waals surface area contributed by atoms with Crippen molar-refractivity contribution in [3.63, 3.8) is 0 Å². The summed E-state index contributed by atoms with van der Waals surface area (Å²) in [7, 11) is 3.94. The third-order valence-corrected chi connectivity index (χ3v) is 5.06. The van der Waals surface area contributed by atoms with Gasteiger partial charge in [-0.05, 0) is 56.9 Å². The molecule has 1 atom stereocenters. The molecule has 4 rings (SSSR count). The number of para-hydroxylation sites is 1. The van der Waals surface area contributed by atoms with Gasteiger partial charge in [0.15, 0.2) is 5.43 Å². The number of hydrogen-bond donors (Lipinski definition) is 0. The number of halogens is 1. The van der Waals surface area contributed by atoms with Crippen molar-refractivity contribution in [1.82, 2.24) is 9.80 Å². The molecular weight excluding hydrogens is 359 g/mol. The van der Waals surface area contributed by atoms with Crippen LogP contribution in [0.3, 0.4) is 0 Å². The molecule has 0 fully saturated rings. The molecule has 2 heterocycles. The lowest BCUT2D eigenvalue weighted by Gasteiger charge is -2.25. The highest BCUT2D eigenvalue weighted by molar-refractivity contribution is 5.99. The summed E-state index contributed by atoms with van der Waals surface area (Å²) < 4.78 is 19.3. The lowest BCUT2D eigenvalue weighted by atomic mass is 9.98. The summed E-state index contributed by atoms with van der Waals surface area (Å²) >= 11 is 0. The first-order valence-corrected chi connectivity index (χ1v) is 9.24. The normalized spacial score (nSPS) is 16.2. The molecule has 5 nitrogen and oxygen atoms in total. The summed E-state index contributed by atoms with van der Waals surface area (Å²) in [6.07, 6.45) is 0.748. The maximum atomic E-state index is 13.5. The van der Waals surface area contributed by atoms with E-state index in [1.54, 1.807) is 41.3 Å². The van der Waals surface area contributed by atoms with E-state index in [2.05, 4.69) is 0 Å². The molecule has 0 saturated carbocycles. The number of carbonyl (C=O) groups is 1. The van der Waals surface area contributed by atoms with E-state index in [4.69, 9.17) is 4.42 Å². The van der Waals surface area contributed by atoms with Gasteiger partial charge < -0.3 is 14.2 Å². The van der Waals surface area contributed by atoms with Crippen LogP contribution in [0.1, 0.15) is 34.1 Å². The number of carbonyl (C=O) groups excluding carboxylic acids is 1. The van der Waals surface area contributed by atoms with Gasteiger partial charge in [-0.25, -0.2) is 4.39 Å². The van der Waals surface area contributed by atoms with E-state index in [-0.39, 0.29) is 22.9 Å². The van der Waals surface area contributed by atoms with Crippen molar-refractivity contribution >= 4 is 16.9 Å². The van der Waals surface area contributed by atoms with E-state index in [0.29, 0.717) is 28.6 Å². The van der Waals surface area contributed by atoms with Crippen LogP contribution in [0.25, 0.3) is 11.0 Å². The molecule has 0 aliphatic carbocycles. The number of rotatable bonds is 5. The Labute approximate surface area is 162 Å². The molecule has 1 amide bonds. The highest BCUT2D eigenvalue weighted by Gasteiger charge is 2.42. The molecule has 1 aliphatic rings. The minimum absolute atomic E-state index is 0.0860. The quantitative estimate of drug-likeness (QED) is 0.681. The molecule has 1 aliphatic heterocycles. The minimum atomic E-state index is -0.578. The number of hydrogen-bond acceptors (Lipinski definition) is 4. The lowest BCUT2D eigenvalue weighted by Crippen LogP contribution is -2.32. The Morgan fingerprint density at radius 1 is 1.07 bits per heavy atom. The Morgan fingerprint density at radius 2 is 1.79 bits per heavy atom. The highest BCUT2D eigenvalue weighted by Crippen LogP contribution is 2.38. The largest absolute Gasteiger partial charge is 0.450 e. The summed E-state index contributed by atoms with van der Waals surface area (Å²) in [4.78, 5) is 30.0. The topological polar surface area (TPSA) is 53.8 Å². The van der Waals surface area contributed by atoms with Crippen molar-refractivity contribution in [2.24, 2.45) is 0 Å². The summed E-state index contributed by atoms with van der Waals surface area (Å²) in [5, 5.41) is 0.441. The maximum Gasteiger partial charge on any atom is 0.290 e. The van der Waals surface area contributed by atoms with Crippen molar-refractivity contribution in [1.29, 1.82) is 0 Å². The highest BCUT2D eigenvalue weighted by atomic mass is 19.1. The SMILES string of the molecule is CN(C)CCCN1C(=O)c2oc3ccccc3c(=O)c2[C@H]1c1ccc(F)cc1. The van der Waals surface area contributed by atoms with Crippen LogP contribution in [-0.2, 0) is 0 Å². The van der Waals surface area contributed by atoms with Crippen LogP contribution in [0.2, 0.25) is 0 Å². The minimum Gasteiger partial charge on any atom is -0.450 e.